The average Bonchev–Trinajstić information content (AvgIpc) is 2.85. The van der Waals surface area contributed by atoms with Crippen molar-refractivity contribution in [3.8, 4) is 0 Å². The third-order valence-electron chi connectivity index (χ3n) is 3.50. The topological polar surface area (TPSA) is 55.1 Å². The van der Waals surface area contributed by atoms with Gasteiger partial charge in [0.1, 0.15) is 5.82 Å². The van der Waals surface area contributed by atoms with Gasteiger partial charge in [0.25, 0.3) is 0 Å². The summed E-state index contributed by atoms with van der Waals surface area (Å²) in [6.45, 7) is -0.0701. The van der Waals surface area contributed by atoms with Gasteiger partial charge in [-0.2, -0.15) is 18.3 Å². The molecular weight excluding hydrogens is 328 g/mol. The molecular formula is C16H10F4N2O2. The summed E-state index contributed by atoms with van der Waals surface area (Å²) in [6, 6.07) is 8.18. The highest BCUT2D eigenvalue weighted by Crippen LogP contribution is 2.30. The fourth-order valence-electron chi connectivity index (χ4n) is 2.45. The Hall–Kier alpha value is -2.90. The van der Waals surface area contributed by atoms with E-state index in [2.05, 4.69) is 5.10 Å². The van der Waals surface area contributed by atoms with E-state index in [9.17, 15) is 22.4 Å². The first-order valence-corrected chi connectivity index (χ1v) is 6.81. The monoisotopic (exact) mass is 338 g/mol. The lowest BCUT2D eigenvalue weighted by Crippen LogP contribution is -2.08. The largest absolute Gasteiger partial charge is 0.476 e. The maximum absolute atomic E-state index is 13.3. The van der Waals surface area contributed by atoms with Crippen molar-refractivity contribution in [1.29, 1.82) is 0 Å². The lowest BCUT2D eigenvalue weighted by Gasteiger charge is -2.09. The Kier molecular flexibility index (Phi) is 3.75. The second-order valence-corrected chi connectivity index (χ2v) is 5.17. The van der Waals surface area contributed by atoms with Crippen molar-refractivity contribution in [3.63, 3.8) is 0 Å². The SMILES string of the molecule is O=C(O)c1nn(Cc2cccc(C(F)(F)F)c2)c2ccc(F)cc12. The van der Waals surface area contributed by atoms with Crippen molar-refractivity contribution in [2.45, 2.75) is 12.7 Å². The first kappa shape index (κ1) is 16.0. The Labute approximate surface area is 132 Å². The van der Waals surface area contributed by atoms with Gasteiger partial charge < -0.3 is 5.11 Å². The Morgan fingerprint density at radius 1 is 1.17 bits per heavy atom. The Morgan fingerprint density at radius 3 is 2.58 bits per heavy atom. The zero-order valence-corrected chi connectivity index (χ0v) is 12.0. The van der Waals surface area contributed by atoms with Crippen LogP contribution in [0.1, 0.15) is 21.6 Å². The van der Waals surface area contributed by atoms with Crippen molar-refractivity contribution in [2.24, 2.45) is 0 Å². The Morgan fingerprint density at radius 2 is 1.92 bits per heavy atom. The molecule has 0 saturated carbocycles. The molecule has 8 heteroatoms. The molecule has 0 aliphatic rings. The highest BCUT2D eigenvalue weighted by molar-refractivity contribution is 6.01. The first-order valence-electron chi connectivity index (χ1n) is 6.81. The van der Waals surface area contributed by atoms with Gasteiger partial charge >= 0.3 is 12.1 Å². The molecule has 24 heavy (non-hydrogen) atoms. The fourth-order valence-corrected chi connectivity index (χ4v) is 2.45. The summed E-state index contributed by atoms with van der Waals surface area (Å²) in [4.78, 5) is 11.2. The van der Waals surface area contributed by atoms with E-state index < -0.39 is 23.5 Å². The van der Waals surface area contributed by atoms with Gasteiger partial charge in [-0.05, 0) is 35.9 Å². The highest BCUT2D eigenvalue weighted by Gasteiger charge is 2.30. The molecule has 0 aliphatic heterocycles. The van der Waals surface area contributed by atoms with E-state index >= 15 is 0 Å². The first-order chi connectivity index (χ1) is 11.3. The van der Waals surface area contributed by atoms with Gasteiger partial charge in [0, 0.05) is 5.39 Å². The van der Waals surface area contributed by atoms with E-state index in [-0.39, 0.29) is 17.6 Å². The van der Waals surface area contributed by atoms with Gasteiger partial charge in [-0.1, -0.05) is 12.1 Å². The van der Waals surface area contributed by atoms with Crippen LogP contribution in [0, 0.1) is 5.82 Å². The minimum Gasteiger partial charge on any atom is -0.476 e. The van der Waals surface area contributed by atoms with Gasteiger partial charge in [0.2, 0.25) is 0 Å². The van der Waals surface area contributed by atoms with Gasteiger partial charge in [-0.15, -0.1) is 0 Å². The number of aromatic nitrogens is 2. The maximum atomic E-state index is 13.3. The molecule has 1 heterocycles. The lowest BCUT2D eigenvalue weighted by atomic mass is 10.1. The molecule has 3 rings (SSSR count). The Bertz CT molecular complexity index is 931. The van der Waals surface area contributed by atoms with Crippen LogP contribution in [0.15, 0.2) is 42.5 Å². The zero-order valence-electron chi connectivity index (χ0n) is 12.0. The number of carboxylic acid groups (broad SMARTS) is 1. The summed E-state index contributed by atoms with van der Waals surface area (Å²) >= 11 is 0. The number of halogens is 4. The molecule has 3 aromatic rings. The van der Waals surface area contributed by atoms with Crippen molar-refractivity contribution in [2.75, 3.05) is 0 Å². The predicted molar refractivity (Wildman–Crippen MR) is 77.2 cm³/mol. The predicted octanol–water partition coefficient (Wildman–Crippen LogP) is 3.94. The van der Waals surface area contributed by atoms with Gasteiger partial charge in [-0.25, -0.2) is 9.18 Å². The van der Waals surface area contributed by atoms with E-state index in [4.69, 9.17) is 5.11 Å². The second kappa shape index (κ2) is 5.63. The molecule has 4 nitrogen and oxygen atoms in total. The third-order valence-corrected chi connectivity index (χ3v) is 3.50. The van der Waals surface area contributed by atoms with Crippen molar-refractivity contribution in [1.82, 2.24) is 9.78 Å². The molecule has 0 aliphatic carbocycles. The molecule has 0 unspecified atom stereocenters. The number of benzene rings is 2. The number of carboxylic acids is 1. The molecule has 0 fully saturated rings. The number of hydrogen-bond acceptors (Lipinski definition) is 2. The molecule has 0 saturated heterocycles. The van der Waals surface area contributed by atoms with Crippen LogP contribution in [0.25, 0.3) is 10.9 Å². The zero-order chi connectivity index (χ0) is 17.5. The molecule has 124 valence electrons. The summed E-state index contributed by atoms with van der Waals surface area (Å²) in [7, 11) is 0. The van der Waals surface area contributed by atoms with Crippen LogP contribution in [-0.2, 0) is 12.7 Å². The van der Waals surface area contributed by atoms with E-state index in [1.54, 1.807) is 0 Å². The highest BCUT2D eigenvalue weighted by atomic mass is 19.4. The van der Waals surface area contributed by atoms with Gasteiger partial charge in [0.15, 0.2) is 5.69 Å². The van der Waals surface area contributed by atoms with Crippen LogP contribution < -0.4 is 0 Å². The van der Waals surface area contributed by atoms with Crippen LogP contribution in [0.3, 0.4) is 0 Å². The fraction of sp³-hybridized carbons (Fsp3) is 0.125. The van der Waals surface area contributed by atoms with E-state index in [1.165, 1.54) is 22.9 Å². The number of rotatable bonds is 3. The van der Waals surface area contributed by atoms with Crippen LogP contribution in [-0.4, -0.2) is 20.9 Å². The number of aromatic carboxylic acids is 1. The summed E-state index contributed by atoms with van der Waals surface area (Å²) in [5, 5.41) is 13.1. The maximum Gasteiger partial charge on any atom is 0.416 e. The van der Waals surface area contributed by atoms with E-state index in [1.807, 2.05) is 0 Å². The summed E-state index contributed by atoms with van der Waals surface area (Å²) < 4.78 is 52.9. The molecule has 2 aromatic carbocycles. The standard InChI is InChI=1S/C16H10F4N2O2/c17-11-4-5-13-12(7-11)14(15(23)24)21-22(13)8-9-2-1-3-10(6-9)16(18,19)20/h1-7H,8H2,(H,23,24). The van der Waals surface area contributed by atoms with Gasteiger partial charge in [-0.3, -0.25) is 4.68 Å². The third kappa shape index (κ3) is 2.94. The van der Waals surface area contributed by atoms with Crippen LogP contribution in [0.4, 0.5) is 17.6 Å². The van der Waals surface area contributed by atoms with Crippen molar-refractivity contribution in [3.05, 3.63) is 65.1 Å². The average molecular weight is 338 g/mol. The van der Waals surface area contributed by atoms with Crippen molar-refractivity contribution >= 4 is 16.9 Å². The molecule has 0 bridgehead atoms. The number of fused-ring (bicyclic) bond motifs is 1. The molecule has 1 N–H and O–H groups in total. The van der Waals surface area contributed by atoms with Crippen molar-refractivity contribution < 1.29 is 27.5 Å². The van der Waals surface area contributed by atoms with Gasteiger partial charge in [0.05, 0.1) is 17.6 Å². The van der Waals surface area contributed by atoms with E-state index in [0.717, 1.165) is 24.3 Å². The summed E-state index contributed by atoms with van der Waals surface area (Å²) in [6.07, 6.45) is -4.47. The summed E-state index contributed by atoms with van der Waals surface area (Å²) in [5.41, 5.74) is -0.529. The number of hydrogen-bond donors (Lipinski definition) is 1. The minimum atomic E-state index is -4.47. The van der Waals surface area contributed by atoms with Crippen LogP contribution in [0.2, 0.25) is 0 Å². The number of alkyl halides is 3. The number of nitrogens with zero attached hydrogens (tertiary/aromatic N) is 2. The quantitative estimate of drug-likeness (QED) is 0.736. The second-order valence-electron chi connectivity index (χ2n) is 5.17. The smallest absolute Gasteiger partial charge is 0.416 e. The minimum absolute atomic E-state index is 0.0701. The lowest BCUT2D eigenvalue weighted by molar-refractivity contribution is -0.137. The molecule has 1 aromatic heterocycles. The van der Waals surface area contributed by atoms with Crippen LogP contribution >= 0.6 is 0 Å². The normalized spacial score (nSPS) is 11.8. The Balaban J connectivity index is 2.07. The number of carbonyl (C=O) groups is 1. The van der Waals surface area contributed by atoms with Crippen LogP contribution in [0.5, 0.6) is 0 Å². The molecule has 0 radical (unpaired) electrons. The molecule has 0 atom stereocenters. The molecule has 0 spiro atoms. The summed E-state index contributed by atoms with van der Waals surface area (Å²) in [5.74, 6) is -1.96. The van der Waals surface area contributed by atoms with E-state index in [0.29, 0.717) is 11.1 Å². The molecule has 0 amide bonds.